The van der Waals surface area contributed by atoms with Crippen molar-refractivity contribution in [3.63, 3.8) is 0 Å². The molecule has 16 heavy (non-hydrogen) atoms. The van der Waals surface area contributed by atoms with Gasteiger partial charge in [0.1, 0.15) is 4.34 Å². The van der Waals surface area contributed by atoms with Crippen LogP contribution in [0.3, 0.4) is 0 Å². The van der Waals surface area contributed by atoms with E-state index in [0.717, 1.165) is 14.7 Å². The number of thiophene rings is 1. The van der Waals surface area contributed by atoms with Crippen LogP contribution in [0.25, 0.3) is 0 Å². The molecular formula is C12H15Br2ClS. The lowest BCUT2D eigenvalue weighted by Crippen LogP contribution is -2.05. The third-order valence-electron chi connectivity index (χ3n) is 3.25. The van der Waals surface area contributed by atoms with Crippen molar-refractivity contribution in [1.82, 2.24) is 0 Å². The van der Waals surface area contributed by atoms with E-state index in [4.69, 9.17) is 11.6 Å². The Bertz CT molecular complexity index is 323. The van der Waals surface area contributed by atoms with Gasteiger partial charge < -0.3 is 0 Å². The fourth-order valence-corrected chi connectivity index (χ4v) is 5.08. The summed E-state index contributed by atoms with van der Waals surface area (Å²) in [5, 5.41) is 0. The van der Waals surface area contributed by atoms with E-state index >= 15 is 0 Å². The Morgan fingerprint density at radius 2 is 1.88 bits per heavy atom. The zero-order valence-electron chi connectivity index (χ0n) is 9.02. The summed E-state index contributed by atoms with van der Waals surface area (Å²) >= 11 is 15.1. The van der Waals surface area contributed by atoms with Gasteiger partial charge in [-0.15, -0.1) is 11.3 Å². The first-order chi connectivity index (χ1) is 7.68. The summed E-state index contributed by atoms with van der Waals surface area (Å²) in [4.78, 5) is 1.85. The Balaban J connectivity index is 2.07. The van der Waals surface area contributed by atoms with Gasteiger partial charge in [-0.3, -0.25) is 0 Å². The van der Waals surface area contributed by atoms with Crippen LogP contribution in [0.2, 0.25) is 4.34 Å². The van der Waals surface area contributed by atoms with Gasteiger partial charge in [0.25, 0.3) is 0 Å². The molecular weight excluding hydrogens is 371 g/mol. The normalized spacial score (nSPS) is 20.7. The molecule has 1 fully saturated rings. The first-order valence-corrected chi connectivity index (χ1v) is 8.67. The van der Waals surface area contributed by atoms with Crippen LogP contribution in [-0.4, -0.2) is 0 Å². The molecule has 2 rings (SSSR count). The molecule has 0 amide bonds. The zero-order chi connectivity index (χ0) is 11.5. The van der Waals surface area contributed by atoms with Crippen molar-refractivity contribution in [1.29, 1.82) is 0 Å². The monoisotopic (exact) mass is 384 g/mol. The van der Waals surface area contributed by atoms with Gasteiger partial charge >= 0.3 is 0 Å². The highest BCUT2D eigenvalue weighted by molar-refractivity contribution is 9.10. The molecule has 1 atom stereocenters. The minimum Gasteiger partial charge on any atom is -0.126 e. The van der Waals surface area contributed by atoms with Gasteiger partial charge in [-0.25, -0.2) is 0 Å². The number of halogens is 3. The molecule has 1 aliphatic carbocycles. The lowest BCUT2D eigenvalue weighted by molar-refractivity contribution is 0.457. The number of rotatable bonds is 2. The standard InChI is InChI=1S/C12H15Br2ClS/c13-9-7-10(16-12(9)15)11(14)8-5-3-1-2-4-6-8/h7-8,11H,1-6H2. The predicted molar refractivity (Wildman–Crippen MR) is 79.9 cm³/mol. The Morgan fingerprint density at radius 1 is 1.25 bits per heavy atom. The fourth-order valence-electron chi connectivity index (χ4n) is 2.34. The minimum atomic E-state index is 0.486. The Morgan fingerprint density at radius 3 is 2.38 bits per heavy atom. The van der Waals surface area contributed by atoms with Crippen LogP contribution in [-0.2, 0) is 0 Å². The molecule has 0 aliphatic heterocycles. The summed E-state index contributed by atoms with van der Waals surface area (Å²) in [6.45, 7) is 0. The molecule has 1 unspecified atom stereocenters. The summed E-state index contributed by atoms with van der Waals surface area (Å²) in [5.74, 6) is 0.782. The SMILES string of the molecule is Clc1sc(C(Br)C2CCCCCC2)cc1Br. The summed E-state index contributed by atoms with van der Waals surface area (Å²) in [7, 11) is 0. The largest absolute Gasteiger partial charge is 0.126 e. The molecule has 0 spiro atoms. The fraction of sp³-hybridized carbons (Fsp3) is 0.667. The maximum absolute atomic E-state index is 6.10. The third kappa shape index (κ3) is 3.24. The summed E-state index contributed by atoms with van der Waals surface area (Å²) in [6.07, 6.45) is 8.28. The zero-order valence-corrected chi connectivity index (χ0v) is 13.8. The van der Waals surface area contributed by atoms with Crippen LogP contribution in [0.5, 0.6) is 0 Å². The van der Waals surface area contributed by atoms with Gasteiger partial charge in [0.15, 0.2) is 0 Å². The summed E-state index contributed by atoms with van der Waals surface area (Å²) in [5.41, 5.74) is 0. The maximum atomic E-state index is 6.10. The van der Waals surface area contributed by atoms with Gasteiger partial charge in [0.2, 0.25) is 0 Å². The van der Waals surface area contributed by atoms with E-state index in [1.54, 1.807) is 11.3 Å². The first kappa shape index (κ1) is 13.4. The van der Waals surface area contributed by atoms with E-state index in [2.05, 4.69) is 37.9 Å². The highest BCUT2D eigenvalue weighted by atomic mass is 79.9. The van der Waals surface area contributed by atoms with E-state index < -0.39 is 0 Å². The second-order valence-corrected chi connectivity index (χ2v) is 7.95. The van der Waals surface area contributed by atoms with Crippen molar-refractivity contribution in [3.05, 3.63) is 19.8 Å². The predicted octanol–water partition coefficient (Wildman–Crippen LogP) is 6.57. The van der Waals surface area contributed by atoms with Crippen molar-refractivity contribution in [2.24, 2.45) is 5.92 Å². The van der Waals surface area contributed by atoms with Gasteiger partial charge in [0, 0.05) is 9.35 Å². The van der Waals surface area contributed by atoms with Crippen LogP contribution in [0.15, 0.2) is 10.5 Å². The van der Waals surface area contributed by atoms with E-state index in [0.29, 0.717) is 4.83 Å². The average Bonchev–Trinajstić information content (AvgIpc) is 2.51. The highest BCUT2D eigenvalue weighted by Crippen LogP contribution is 2.45. The van der Waals surface area contributed by atoms with E-state index in [9.17, 15) is 0 Å². The highest BCUT2D eigenvalue weighted by Gasteiger charge is 2.23. The molecule has 0 aromatic carbocycles. The molecule has 4 heteroatoms. The van der Waals surface area contributed by atoms with Crippen LogP contribution < -0.4 is 0 Å². The van der Waals surface area contributed by atoms with Gasteiger partial charge in [-0.2, -0.15) is 0 Å². The second-order valence-electron chi connectivity index (χ2n) is 4.42. The van der Waals surface area contributed by atoms with Crippen molar-refractivity contribution in [3.8, 4) is 0 Å². The van der Waals surface area contributed by atoms with Crippen LogP contribution in [0.1, 0.15) is 48.2 Å². The lowest BCUT2D eigenvalue weighted by atomic mass is 9.96. The molecule has 1 saturated carbocycles. The van der Waals surface area contributed by atoms with E-state index in [1.165, 1.54) is 43.4 Å². The smallest absolute Gasteiger partial charge is 0.107 e. The van der Waals surface area contributed by atoms with Crippen molar-refractivity contribution >= 4 is 54.8 Å². The molecule has 0 radical (unpaired) electrons. The summed E-state index contributed by atoms with van der Waals surface area (Å²) < 4.78 is 1.90. The number of hydrogen-bond acceptors (Lipinski definition) is 1. The number of hydrogen-bond donors (Lipinski definition) is 0. The van der Waals surface area contributed by atoms with Gasteiger partial charge in [0.05, 0.1) is 4.83 Å². The Labute approximate surface area is 123 Å². The van der Waals surface area contributed by atoms with Crippen molar-refractivity contribution in [2.45, 2.75) is 43.4 Å². The van der Waals surface area contributed by atoms with Crippen molar-refractivity contribution in [2.75, 3.05) is 0 Å². The molecule has 1 aromatic rings. The van der Waals surface area contributed by atoms with Crippen LogP contribution in [0, 0.1) is 5.92 Å². The van der Waals surface area contributed by atoms with Gasteiger partial charge in [-0.05, 0) is 40.8 Å². The van der Waals surface area contributed by atoms with E-state index in [1.807, 2.05) is 0 Å². The van der Waals surface area contributed by atoms with E-state index in [-0.39, 0.29) is 0 Å². The van der Waals surface area contributed by atoms with Crippen LogP contribution in [0.4, 0.5) is 0 Å². The molecule has 0 N–H and O–H groups in total. The molecule has 0 saturated heterocycles. The van der Waals surface area contributed by atoms with Gasteiger partial charge in [-0.1, -0.05) is 53.2 Å². The summed E-state index contributed by atoms with van der Waals surface area (Å²) in [6, 6.07) is 2.16. The molecule has 1 aliphatic rings. The van der Waals surface area contributed by atoms with Crippen molar-refractivity contribution < 1.29 is 0 Å². The topological polar surface area (TPSA) is 0 Å². The quantitative estimate of drug-likeness (QED) is 0.398. The average molecular weight is 387 g/mol. The third-order valence-corrected chi connectivity index (χ3v) is 7.35. The maximum Gasteiger partial charge on any atom is 0.107 e. The Kier molecular flexibility index (Phi) is 5.20. The first-order valence-electron chi connectivity index (χ1n) is 5.77. The lowest BCUT2D eigenvalue weighted by Gasteiger charge is -2.19. The Hall–Kier alpha value is 0.950. The van der Waals surface area contributed by atoms with Crippen LogP contribution >= 0.6 is 54.8 Å². The molecule has 1 aromatic heterocycles. The molecule has 90 valence electrons. The molecule has 0 bridgehead atoms. The molecule has 0 nitrogen and oxygen atoms in total. The minimum absolute atomic E-state index is 0.486. The molecule has 1 heterocycles. The second kappa shape index (κ2) is 6.21. The number of alkyl halides is 1.